The lowest BCUT2D eigenvalue weighted by atomic mass is 9.92. The van der Waals surface area contributed by atoms with Crippen molar-refractivity contribution in [3.05, 3.63) is 19.2 Å². The van der Waals surface area contributed by atoms with E-state index >= 15 is 0 Å². The average Bonchev–Trinajstić information content (AvgIpc) is 2.61. The second-order valence-corrected chi connectivity index (χ2v) is 7.92. The van der Waals surface area contributed by atoms with Gasteiger partial charge in [0.2, 0.25) is 0 Å². The number of halogens is 2. The van der Waals surface area contributed by atoms with Gasteiger partial charge < -0.3 is 10.4 Å². The van der Waals surface area contributed by atoms with E-state index in [9.17, 15) is 9.90 Å². The maximum Gasteiger partial charge on any atom is 0.253 e. The fourth-order valence-corrected chi connectivity index (χ4v) is 4.81. The first kappa shape index (κ1) is 13.5. The molecule has 0 bridgehead atoms. The van der Waals surface area contributed by atoms with Gasteiger partial charge in [-0.05, 0) is 50.8 Å². The minimum Gasteiger partial charge on any atom is -0.391 e. The van der Waals surface area contributed by atoms with Crippen LogP contribution in [0.25, 0.3) is 0 Å². The molecule has 1 saturated carbocycles. The van der Waals surface area contributed by atoms with Crippen LogP contribution in [0.15, 0.2) is 13.6 Å². The Bertz CT molecular complexity index is 422. The van der Waals surface area contributed by atoms with E-state index in [4.69, 9.17) is 0 Å². The van der Waals surface area contributed by atoms with Crippen LogP contribution in [-0.2, 0) is 0 Å². The molecule has 6 heteroatoms. The van der Waals surface area contributed by atoms with Gasteiger partial charge >= 0.3 is 0 Å². The summed E-state index contributed by atoms with van der Waals surface area (Å²) in [6.07, 6.45) is 3.33. The van der Waals surface area contributed by atoms with Crippen molar-refractivity contribution in [1.29, 1.82) is 0 Å². The Morgan fingerprint density at radius 1 is 1.41 bits per heavy atom. The fourth-order valence-electron chi connectivity index (χ4n) is 2.02. The number of hydrogen-bond donors (Lipinski definition) is 2. The second-order valence-electron chi connectivity index (χ2n) is 4.17. The standard InChI is InChI=1S/C11H13Br2NO2S/c12-9-5-6(10(13)17-9)11(16)14-7-3-1-2-4-8(7)15/h5,7-8,15H,1-4H2,(H,14,16)/t7-,8-/m1/s1. The first-order valence-corrected chi connectivity index (χ1v) is 7.92. The third-order valence-corrected chi connectivity index (χ3v) is 5.29. The quantitative estimate of drug-likeness (QED) is 0.824. The third kappa shape index (κ3) is 3.30. The molecule has 1 aromatic heterocycles. The highest BCUT2D eigenvalue weighted by molar-refractivity contribution is 9.12. The number of aliphatic hydroxyl groups excluding tert-OH is 1. The zero-order valence-electron chi connectivity index (χ0n) is 9.08. The fraction of sp³-hybridized carbons (Fsp3) is 0.545. The monoisotopic (exact) mass is 381 g/mol. The molecule has 94 valence electrons. The van der Waals surface area contributed by atoms with Gasteiger partial charge in [0.25, 0.3) is 5.91 Å². The summed E-state index contributed by atoms with van der Waals surface area (Å²) in [5, 5.41) is 12.7. The summed E-state index contributed by atoms with van der Waals surface area (Å²) in [6, 6.07) is 1.68. The van der Waals surface area contributed by atoms with Crippen molar-refractivity contribution in [1.82, 2.24) is 5.32 Å². The molecule has 0 radical (unpaired) electrons. The van der Waals surface area contributed by atoms with Crippen LogP contribution >= 0.6 is 43.2 Å². The molecule has 1 amide bonds. The van der Waals surface area contributed by atoms with Crippen LogP contribution in [0.2, 0.25) is 0 Å². The molecule has 3 nitrogen and oxygen atoms in total. The van der Waals surface area contributed by atoms with Crippen molar-refractivity contribution in [2.24, 2.45) is 0 Å². The van der Waals surface area contributed by atoms with E-state index in [1.807, 2.05) is 0 Å². The first-order chi connectivity index (χ1) is 8.08. The Hall–Kier alpha value is 0.0900. The van der Waals surface area contributed by atoms with Gasteiger partial charge in [0, 0.05) is 0 Å². The minimum absolute atomic E-state index is 0.109. The van der Waals surface area contributed by atoms with Crippen molar-refractivity contribution >= 4 is 49.1 Å². The Labute approximate surface area is 121 Å². The molecule has 2 N–H and O–H groups in total. The number of carbonyl (C=O) groups excluding carboxylic acids is 1. The highest BCUT2D eigenvalue weighted by atomic mass is 79.9. The van der Waals surface area contributed by atoms with Crippen LogP contribution in [0, 0.1) is 0 Å². The van der Waals surface area contributed by atoms with Crippen LogP contribution in [0.5, 0.6) is 0 Å². The summed E-state index contributed by atoms with van der Waals surface area (Å²) in [4.78, 5) is 12.0. The molecule has 1 aromatic rings. The van der Waals surface area contributed by atoms with E-state index in [1.165, 1.54) is 11.3 Å². The smallest absolute Gasteiger partial charge is 0.253 e. The maximum atomic E-state index is 12.0. The molecule has 1 aliphatic rings. The van der Waals surface area contributed by atoms with Crippen molar-refractivity contribution in [3.63, 3.8) is 0 Å². The van der Waals surface area contributed by atoms with Gasteiger partial charge in [0.05, 0.1) is 25.3 Å². The van der Waals surface area contributed by atoms with E-state index in [0.29, 0.717) is 5.56 Å². The summed E-state index contributed by atoms with van der Waals surface area (Å²) < 4.78 is 1.73. The summed E-state index contributed by atoms with van der Waals surface area (Å²) >= 11 is 8.18. The predicted octanol–water partition coefficient (Wildman–Crippen LogP) is 3.31. The van der Waals surface area contributed by atoms with E-state index in [0.717, 1.165) is 33.3 Å². The molecule has 0 aromatic carbocycles. The Morgan fingerprint density at radius 3 is 2.71 bits per heavy atom. The van der Waals surface area contributed by atoms with Gasteiger partial charge in [-0.1, -0.05) is 12.8 Å². The number of rotatable bonds is 2. The van der Waals surface area contributed by atoms with Gasteiger partial charge in [0.1, 0.15) is 0 Å². The lowest BCUT2D eigenvalue weighted by molar-refractivity contribution is 0.0717. The number of hydrogen-bond acceptors (Lipinski definition) is 3. The molecule has 0 spiro atoms. The topological polar surface area (TPSA) is 49.3 Å². The molecule has 0 aliphatic heterocycles. The van der Waals surface area contributed by atoms with Crippen molar-refractivity contribution in [3.8, 4) is 0 Å². The average molecular weight is 383 g/mol. The molecule has 1 aliphatic carbocycles. The van der Waals surface area contributed by atoms with Crippen LogP contribution in [0.1, 0.15) is 36.0 Å². The van der Waals surface area contributed by atoms with Crippen LogP contribution in [0.4, 0.5) is 0 Å². The summed E-state index contributed by atoms with van der Waals surface area (Å²) in [5.41, 5.74) is 0.625. The van der Waals surface area contributed by atoms with E-state index in [2.05, 4.69) is 37.2 Å². The number of aliphatic hydroxyl groups is 1. The normalized spacial score (nSPS) is 24.6. The number of nitrogens with one attached hydrogen (secondary N) is 1. The first-order valence-electron chi connectivity index (χ1n) is 5.51. The van der Waals surface area contributed by atoms with Crippen LogP contribution in [0.3, 0.4) is 0 Å². The molecule has 2 rings (SSSR count). The van der Waals surface area contributed by atoms with Gasteiger partial charge in [-0.2, -0.15) is 0 Å². The van der Waals surface area contributed by atoms with Crippen LogP contribution in [-0.4, -0.2) is 23.2 Å². The van der Waals surface area contributed by atoms with E-state index < -0.39 is 6.10 Å². The summed E-state index contributed by atoms with van der Waals surface area (Å²) in [6.45, 7) is 0. The molecule has 17 heavy (non-hydrogen) atoms. The molecule has 0 saturated heterocycles. The number of thiophene rings is 1. The number of amides is 1. The molecule has 1 fully saturated rings. The largest absolute Gasteiger partial charge is 0.391 e. The Kier molecular flexibility index (Phi) is 4.63. The minimum atomic E-state index is -0.409. The van der Waals surface area contributed by atoms with Crippen molar-refractivity contribution in [2.45, 2.75) is 37.8 Å². The van der Waals surface area contributed by atoms with Gasteiger partial charge in [-0.15, -0.1) is 11.3 Å². The maximum absolute atomic E-state index is 12.0. The molecule has 1 heterocycles. The highest BCUT2D eigenvalue weighted by Gasteiger charge is 2.25. The molecule has 0 unspecified atom stereocenters. The lowest BCUT2D eigenvalue weighted by Gasteiger charge is -2.28. The highest BCUT2D eigenvalue weighted by Crippen LogP contribution is 2.32. The van der Waals surface area contributed by atoms with Crippen molar-refractivity contribution < 1.29 is 9.90 Å². The van der Waals surface area contributed by atoms with Crippen molar-refractivity contribution in [2.75, 3.05) is 0 Å². The molecular formula is C11H13Br2NO2S. The second kappa shape index (κ2) is 5.82. The zero-order chi connectivity index (χ0) is 12.4. The molecule has 2 atom stereocenters. The summed E-state index contributed by atoms with van der Waals surface area (Å²) in [7, 11) is 0. The van der Waals surface area contributed by atoms with Gasteiger partial charge in [-0.25, -0.2) is 0 Å². The third-order valence-electron chi connectivity index (χ3n) is 2.95. The van der Waals surface area contributed by atoms with Gasteiger partial charge in [0.15, 0.2) is 0 Å². The SMILES string of the molecule is O=C(N[C@@H]1CCCC[C@H]1O)c1cc(Br)sc1Br. The van der Waals surface area contributed by atoms with Gasteiger partial charge in [-0.3, -0.25) is 4.79 Å². The Balaban J connectivity index is 2.03. The van der Waals surface area contributed by atoms with Crippen LogP contribution < -0.4 is 5.32 Å². The molecular weight excluding hydrogens is 370 g/mol. The Morgan fingerprint density at radius 2 is 2.12 bits per heavy atom. The zero-order valence-corrected chi connectivity index (χ0v) is 13.1. The van der Waals surface area contributed by atoms with E-state index in [-0.39, 0.29) is 11.9 Å². The lowest BCUT2D eigenvalue weighted by Crippen LogP contribution is -2.45. The predicted molar refractivity (Wildman–Crippen MR) is 75.4 cm³/mol. The summed E-state index contributed by atoms with van der Waals surface area (Å²) in [5.74, 6) is -0.121. The van der Waals surface area contributed by atoms with E-state index in [1.54, 1.807) is 6.07 Å². The number of carbonyl (C=O) groups is 1.